The van der Waals surface area contributed by atoms with E-state index in [1.807, 2.05) is 0 Å². The highest BCUT2D eigenvalue weighted by Gasteiger charge is 2.24. The fourth-order valence-electron chi connectivity index (χ4n) is 3.79. The van der Waals surface area contributed by atoms with Gasteiger partial charge in [-0.15, -0.1) is 0 Å². The molecule has 1 amide bonds. The summed E-state index contributed by atoms with van der Waals surface area (Å²) in [5.74, 6) is 0.916. The lowest BCUT2D eigenvalue weighted by Crippen LogP contribution is -2.47. The van der Waals surface area contributed by atoms with Gasteiger partial charge < -0.3 is 14.8 Å². The van der Waals surface area contributed by atoms with Crippen LogP contribution in [0, 0.1) is 0 Å². The monoisotopic (exact) mass is 346 g/mol. The van der Waals surface area contributed by atoms with Crippen molar-refractivity contribution in [1.82, 2.24) is 10.2 Å². The molecule has 0 spiro atoms. The van der Waals surface area contributed by atoms with Crippen molar-refractivity contribution in [2.75, 3.05) is 26.8 Å². The number of rotatable bonds is 6. The fraction of sp³-hybridized carbons (Fsp3) is 0.650. The second kappa shape index (κ2) is 8.19. The number of hydrogen-bond donors (Lipinski definition) is 1. The molecular formula is C20H30N2O3. The van der Waals surface area contributed by atoms with Gasteiger partial charge in [0.25, 0.3) is 0 Å². The van der Waals surface area contributed by atoms with Crippen molar-refractivity contribution in [3.63, 3.8) is 0 Å². The van der Waals surface area contributed by atoms with Crippen LogP contribution in [-0.2, 0) is 28.9 Å². The molecule has 1 aliphatic carbocycles. The number of morpholine rings is 1. The Morgan fingerprint density at radius 2 is 2.12 bits per heavy atom. The lowest BCUT2D eigenvalue weighted by Gasteiger charge is -2.35. The van der Waals surface area contributed by atoms with E-state index in [-0.39, 0.29) is 12.0 Å². The minimum atomic E-state index is -0.0157. The number of nitrogens with zero attached hydrogens (tertiary/aromatic N) is 1. The van der Waals surface area contributed by atoms with Crippen molar-refractivity contribution in [3.8, 4) is 5.75 Å². The summed E-state index contributed by atoms with van der Waals surface area (Å²) in [5, 5.41) is 3.04. The van der Waals surface area contributed by atoms with E-state index in [0.717, 1.165) is 37.2 Å². The van der Waals surface area contributed by atoms with E-state index >= 15 is 0 Å². The zero-order chi connectivity index (χ0) is 17.8. The molecular weight excluding hydrogens is 316 g/mol. The smallest absolute Gasteiger partial charge is 0.222 e. The second-order valence-electron chi connectivity index (χ2n) is 7.35. The van der Waals surface area contributed by atoms with Crippen LogP contribution in [0.3, 0.4) is 0 Å². The average Bonchev–Trinajstić information content (AvgIpc) is 3.06. The van der Waals surface area contributed by atoms with E-state index in [4.69, 9.17) is 9.47 Å². The van der Waals surface area contributed by atoms with Crippen LogP contribution in [0.15, 0.2) is 12.1 Å². The molecule has 138 valence electrons. The second-order valence-corrected chi connectivity index (χ2v) is 7.35. The number of benzene rings is 1. The summed E-state index contributed by atoms with van der Waals surface area (Å²) in [5.41, 5.74) is 3.84. The first-order valence-corrected chi connectivity index (χ1v) is 9.38. The largest absolute Gasteiger partial charge is 0.496 e. The van der Waals surface area contributed by atoms with E-state index in [2.05, 4.69) is 36.2 Å². The molecule has 2 aliphatic rings. The van der Waals surface area contributed by atoms with Crippen molar-refractivity contribution >= 4 is 5.91 Å². The van der Waals surface area contributed by atoms with Gasteiger partial charge in [-0.25, -0.2) is 0 Å². The highest BCUT2D eigenvalue weighted by molar-refractivity contribution is 5.76. The summed E-state index contributed by atoms with van der Waals surface area (Å²) >= 11 is 0. The van der Waals surface area contributed by atoms with Gasteiger partial charge in [-0.1, -0.05) is 6.07 Å². The molecule has 25 heavy (non-hydrogen) atoms. The number of carbonyl (C=O) groups excluding carboxylic acids is 1. The molecule has 3 rings (SSSR count). The highest BCUT2D eigenvalue weighted by atomic mass is 16.5. The van der Waals surface area contributed by atoms with Gasteiger partial charge in [0.05, 0.1) is 26.2 Å². The number of carbonyl (C=O) groups is 1. The van der Waals surface area contributed by atoms with Gasteiger partial charge in [-0.2, -0.15) is 0 Å². The van der Waals surface area contributed by atoms with Crippen molar-refractivity contribution in [2.24, 2.45) is 0 Å². The quantitative estimate of drug-likeness (QED) is 0.859. The Morgan fingerprint density at radius 1 is 1.36 bits per heavy atom. The summed E-state index contributed by atoms with van der Waals surface area (Å²) in [6.07, 6.45) is 3.86. The van der Waals surface area contributed by atoms with Gasteiger partial charge in [-0.3, -0.25) is 9.69 Å². The molecule has 1 heterocycles. The lowest BCUT2D eigenvalue weighted by atomic mass is 10.0. The van der Waals surface area contributed by atoms with Crippen molar-refractivity contribution < 1.29 is 14.3 Å². The highest BCUT2D eigenvalue weighted by Crippen LogP contribution is 2.29. The summed E-state index contributed by atoms with van der Waals surface area (Å²) < 4.78 is 11.3. The Morgan fingerprint density at radius 3 is 2.84 bits per heavy atom. The number of aryl methyl sites for hydroxylation is 2. The number of hydrogen-bond acceptors (Lipinski definition) is 4. The Balaban J connectivity index is 1.54. The minimum absolute atomic E-state index is 0.0157. The maximum Gasteiger partial charge on any atom is 0.222 e. The number of nitrogens with one attached hydrogen (secondary N) is 1. The molecule has 5 heteroatoms. The van der Waals surface area contributed by atoms with Crippen LogP contribution in [-0.4, -0.2) is 49.8 Å². The van der Waals surface area contributed by atoms with Crippen LogP contribution in [0.2, 0.25) is 0 Å². The molecule has 0 aromatic heterocycles. The topological polar surface area (TPSA) is 50.8 Å². The molecule has 1 saturated heterocycles. The first-order valence-electron chi connectivity index (χ1n) is 9.38. The molecule has 1 aliphatic heterocycles. The molecule has 1 N–H and O–H groups in total. The molecule has 1 aromatic rings. The van der Waals surface area contributed by atoms with E-state index in [0.29, 0.717) is 25.6 Å². The van der Waals surface area contributed by atoms with Crippen LogP contribution < -0.4 is 10.1 Å². The molecule has 0 bridgehead atoms. The molecule has 0 saturated carbocycles. The lowest BCUT2D eigenvalue weighted by molar-refractivity contribution is -0.126. The summed E-state index contributed by atoms with van der Waals surface area (Å²) in [7, 11) is 1.69. The van der Waals surface area contributed by atoms with Crippen LogP contribution >= 0.6 is 0 Å². The zero-order valence-electron chi connectivity index (χ0n) is 15.6. The number of fused-ring (bicyclic) bond motifs is 1. The number of amides is 1. The SMILES string of the molecule is COc1cc2c(cc1CNC(=O)C[C@@H]1CN(C(C)C)CCO1)CCC2. The normalized spacial score (nSPS) is 20.6. The Hall–Kier alpha value is -1.59. The third-order valence-electron chi connectivity index (χ3n) is 5.28. The molecule has 0 unspecified atom stereocenters. The number of ether oxygens (including phenoxy) is 2. The van der Waals surface area contributed by atoms with Crippen molar-refractivity contribution in [1.29, 1.82) is 0 Å². The van der Waals surface area contributed by atoms with Crippen molar-refractivity contribution in [3.05, 3.63) is 28.8 Å². The molecule has 0 radical (unpaired) electrons. The van der Waals surface area contributed by atoms with E-state index < -0.39 is 0 Å². The Labute approximate surface area is 150 Å². The van der Waals surface area contributed by atoms with Gasteiger partial charge in [0.1, 0.15) is 5.75 Å². The zero-order valence-corrected chi connectivity index (χ0v) is 15.6. The van der Waals surface area contributed by atoms with E-state index in [9.17, 15) is 4.79 Å². The third kappa shape index (κ3) is 4.53. The van der Waals surface area contributed by atoms with Gasteiger partial charge in [-0.05, 0) is 50.3 Å². The van der Waals surface area contributed by atoms with Gasteiger partial charge in [0, 0.05) is 31.2 Å². The minimum Gasteiger partial charge on any atom is -0.496 e. The van der Waals surface area contributed by atoms with Crippen LogP contribution in [0.5, 0.6) is 5.75 Å². The molecule has 1 atom stereocenters. The Kier molecular flexibility index (Phi) is 5.97. The molecule has 1 aromatic carbocycles. The maximum absolute atomic E-state index is 12.3. The van der Waals surface area contributed by atoms with Crippen LogP contribution in [0.4, 0.5) is 0 Å². The Bertz CT molecular complexity index is 615. The van der Waals surface area contributed by atoms with Crippen LogP contribution in [0.25, 0.3) is 0 Å². The third-order valence-corrected chi connectivity index (χ3v) is 5.28. The predicted molar refractivity (Wildman–Crippen MR) is 97.9 cm³/mol. The molecule has 5 nitrogen and oxygen atoms in total. The summed E-state index contributed by atoms with van der Waals surface area (Å²) in [6.45, 7) is 7.35. The van der Waals surface area contributed by atoms with E-state index in [1.165, 1.54) is 17.5 Å². The first-order chi connectivity index (χ1) is 12.1. The van der Waals surface area contributed by atoms with Gasteiger partial charge in [0.15, 0.2) is 0 Å². The van der Waals surface area contributed by atoms with Crippen LogP contribution in [0.1, 0.15) is 43.4 Å². The van der Waals surface area contributed by atoms with Gasteiger partial charge in [0.2, 0.25) is 5.91 Å². The first kappa shape index (κ1) is 18.2. The fourth-order valence-corrected chi connectivity index (χ4v) is 3.79. The van der Waals surface area contributed by atoms with Crippen molar-refractivity contribution in [2.45, 2.75) is 58.2 Å². The number of methoxy groups -OCH3 is 1. The predicted octanol–water partition coefficient (Wildman–Crippen LogP) is 2.30. The maximum atomic E-state index is 12.3. The molecule has 1 fully saturated rings. The van der Waals surface area contributed by atoms with E-state index in [1.54, 1.807) is 7.11 Å². The summed E-state index contributed by atoms with van der Waals surface area (Å²) in [4.78, 5) is 14.7. The standard InChI is InChI=1S/C20H30N2O3/c1-14(2)22-7-8-25-18(13-22)11-20(23)21-12-17-9-15-5-4-6-16(15)10-19(17)24-3/h9-10,14,18H,4-8,11-13H2,1-3H3,(H,21,23)/t18-/m1/s1. The average molecular weight is 346 g/mol. The van der Waals surface area contributed by atoms with Gasteiger partial charge >= 0.3 is 0 Å². The summed E-state index contributed by atoms with van der Waals surface area (Å²) in [6, 6.07) is 4.82.